The maximum atomic E-state index is 13.0. The van der Waals surface area contributed by atoms with Crippen molar-refractivity contribution in [1.82, 2.24) is 4.90 Å². The lowest BCUT2D eigenvalue weighted by Crippen LogP contribution is -2.39. The number of aromatic hydroxyl groups is 1. The van der Waals surface area contributed by atoms with E-state index in [0.29, 0.717) is 17.7 Å². The summed E-state index contributed by atoms with van der Waals surface area (Å²) in [7, 11) is 1.63. The maximum Gasteiger partial charge on any atom is 0.165 e. The normalized spacial score (nSPS) is 17.5. The number of aliphatic imine (C=N–C) groups is 1. The number of carbonyl (C=O) groups is 1. The van der Waals surface area contributed by atoms with Crippen LogP contribution in [0.3, 0.4) is 0 Å². The Morgan fingerprint density at radius 3 is 2.40 bits per heavy atom. The Kier molecular flexibility index (Phi) is 12.4. The second-order valence-corrected chi connectivity index (χ2v) is 12.2. The van der Waals surface area contributed by atoms with Gasteiger partial charge in [0.2, 0.25) is 0 Å². The van der Waals surface area contributed by atoms with Gasteiger partial charge in [-0.1, -0.05) is 63.4 Å². The van der Waals surface area contributed by atoms with Crippen LogP contribution in [-0.4, -0.2) is 48.2 Å². The van der Waals surface area contributed by atoms with E-state index in [-0.39, 0.29) is 11.5 Å². The molecule has 43 heavy (non-hydrogen) atoms. The minimum absolute atomic E-state index is 0.0745. The maximum absolute atomic E-state index is 13.0. The summed E-state index contributed by atoms with van der Waals surface area (Å²) >= 11 is 0. The van der Waals surface area contributed by atoms with Crippen LogP contribution in [-0.2, 0) is 0 Å². The van der Waals surface area contributed by atoms with Gasteiger partial charge in [-0.25, -0.2) is 0 Å². The summed E-state index contributed by atoms with van der Waals surface area (Å²) in [5.41, 5.74) is 4.64. The Balaban J connectivity index is 0.000000269. The fourth-order valence-electron chi connectivity index (χ4n) is 6.07. The zero-order valence-corrected chi connectivity index (χ0v) is 26.6. The molecule has 0 spiro atoms. The quantitative estimate of drug-likeness (QED) is 0.181. The molecule has 2 aliphatic rings. The number of phenolic OH excluding ortho intramolecular Hbond substituents is 1. The Morgan fingerprint density at radius 2 is 1.70 bits per heavy atom. The number of piperidine rings is 1. The van der Waals surface area contributed by atoms with Gasteiger partial charge in [0.1, 0.15) is 11.5 Å². The fourth-order valence-corrected chi connectivity index (χ4v) is 6.07. The van der Waals surface area contributed by atoms with E-state index in [1.807, 2.05) is 55.5 Å². The molecule has 1 aliphatic carbocycles. The summed E-state index contributed by atoms with van der Waals surface area (Å²) in [6.07, 6.45) is 11.1. The van der Waals surface area contributed by atoms with Crippen LogP contribution in [0.2, 0.25) is 0 Å². The lowest BCUT2D eigenvalue weighted by molar-refractivity contribution is 0.0980. The van der Waals surface area contributed by atoms with Gasteiger partial charge in [-0.3, -0.25) is 9.79 Å². The summed E-state index contributed by atoms with van der Waals surface area (Å²) < 4.78 is 5.45. The number of ketones is 1. The van der Waals surface area contributed by atoms with Crippen LogP contribution in [0.4, 0.5) is 5.69 Å². The van der Waals surface area contributed by atoms with E-state index in [0.717, 1.165) is 52.8 Å². The minimum Gasteiger partial charge on any atom is -0.508 e. The van der Waals surface area contributed by atoms with Gasteiger partial charge in [0, 0.05) is 36.3 Å². The summed E-state index contributed by atoms with van der Waals surface area (Å²) in [6.45, 7) is 10.5. The van der Waals surface area contributed by atoms with E-state index in [4.69, 9.17) is 9.73 Å². The smallest absolute Gasteiger partial charge is 0.165 e. The van der Waals surface area contributed by atoms with E-state index in [2.05, 4.69) is 18.7 Å². The average Bonchev–Trinajstić information content (AvgIpc) is 3.02. The molecule has 230 valence electrons. The highest BCUT2D eigenvalue weighted by Crippen LogP contribution is 2.32. The van der Waals surface area contributed by atoms with Crippen LogP contribution in [0.5, 0.6) is 11.5 Å². The van der Waals surface area contributed by atoms with Gasteiger partial charge in [0.25, 0.3) is 0 Å². The van der Waals surface area contributed by atoms with E-state index in [1.165, 1.54) is 58.2 Å². The number of methoxy groups -OCH3 is 1. The van der Waals surface area contributed by atoms with E-state index >= 15 is 0 Å². The molecule has 3 aromatic carbocycles. The standard InChI is InChI=1S/C26H27NO3.C12H23N/c1-4-5-12-25(29)23-17-20(19-9-8-10-21(28)16-19)14-15-24(23)27-18(2)22-11-6-7-13-26(22)30-3;1-2-11-7-4-8-13(9-11)10-12-5-3-6-12/h6-11,13-17,28H,4-5,12H2,1-3H3;11-12H,2-10H2,1H3. The fraction of sp³-hybridized carbons (Fsp3) is 0.474. The molecule has 5 nitrogen and oxygen atoms in total. The zero-order chi connectivity index (χ0) is 30.6. The number of rotatable bonds is 11. The van der Waals surface area contributed by atoms with Gasteiger partial charge < -0.3 is 14.7 Å². The van der Waals surface area contributed by atoms with Crippen LogP contribution >= 0.6 is 0 Å². The van der Waals surface area contributed by atoms with Crippen molar-refractivity contribution < 1.29 is 14.6 Å². The number of phenols is 1. The number of para-hydroxylation sites is 1. The zero-order valence-electron chi connectivity index (χ0n) is 26.6. The average molecular weight is 583 g/mol. The van der Waals surface area contributed by atoms with Crippen LogP contribution in [0.25, 0.3) is 11.1 Å². The molecular weight excluding hydrogens is 532 g/mol. The SMILES string of the molecule is CCC1CCCN(CC2CCC2)C1.CCCCC(=O)c1cc(-c2cccc(O)c2)ccc1N=C(C)c1ccccc1OC. The molecule has 2 fully saturated rings. The molecule has 0 amide bonds. The highest BCUT2D eigenvalue weighted by molar-refractivity contribution is 6.06. The number of unbranched alkanes of at least 4 members (excludes halogenated alkanes) is 1. The summed E-state index contributed by atoms with van der Waals surface area (Å²) in [5, 5.41) is 9.82. The molecule has 1 atom stereocenters. The highest BCUT2D eigenvalue weighted by atomic mass is 16.5. The van der Waals surface area contributed by atoms with Crippen molar-refractivity contribution in [2.75, 3.05) is 26.7 Å². The van der Waals surface area contributed by atoms with Crippen molar-refractivity contribution in [2.24, 2.45) is 16.8 Å². The number of likely N-dealkylation sites (tertiary alicyclic amines) is 1. The van der Waals surface area contributed by atoms with Gasteiger partial charge >= 0.3 is 0 Å². The van der Waals surface area contributed by atoms with Gasteiger partial charge in [-0.05, 0) is 105 Å². The second-order valence-electron chi connectivity index (χ2n) is 12.2. The Morgan fingerprint density at radius 1 is 0.930 bits per heavy atom. The first-order valence-electron chi connectivity index (χ1n) is 16.3. The molecule has 0 bridgehead atoms. The summed E-state index contributed by atoms with van der Waals surface area (Å²) in [4.78, 5) is 20.5. The predicted molar refractivity (Wildman–Crippen MR) is 179 cm³/mol. The van der Waals surface area contributed by atoms with E-state index in [9.17, 15) is 9.90 Å². The van der Waals surface area contributed by atoms with Gasteiger partial charge in [0.15, 0.2) is 5.78 Å². The molecule has 1 unspecified atom stereocenters. The molecule has 5 rings (SSSR count). The number of hydrogen-bond acceptors (Lipinski definition) is 5. The van der Waals surface area contributed by atoms with Gasteiger partial charge in [-0.15, -0.1) is 0 Å². The largest absolute Gasteiger partial charge is 0.508 e. The third-order valence-electron chi connectivity index (χ3n) is 8.94. The first kappa shape index (κ1) is 32.5. The van der Waals surface area contributed by atoms with Crippen molar-refractivity contribution in [2.45, 2.75) is 78.6 Å². The highest BCUT2D eigenvalue weighted by Gasteiger charge is 2.24. The van der Waals surface area contributed by atoms with Crippen LogP contribution < -0.4 is 4.74 Å². The third kappa shape index (κ3) is 9.27. The molecule has 0 radical (unpaired) electrons. The number of ether oxygens (including phenoxy) is 1. The lowest BCUT2D eigenvalue weighted by Gasteiger charge is -2.37. The Hall–Kier alpha value is -3.44. The number of carbonyl (C=O) groups excluding carboxylic acids is 1. The number of benzene rings is 3. The molecule has 1 aliphatic heterocycles. The van der Waals surface area contributed by atoms with E-state index < -0.39 is 0 Å². The molecule has 1 saturated carbocycles. The van der Waals surface area contributed by atoms with Gasteiger partial charge in [-0.2, -0.15) is 0 Å². The van der Waals surface area contributed by atoms with Crippen molar-refractivity contribution in [1.29, 1.82) is 0 Å². The Labute approximate surface area is 259 Å². The first-order chi connectivity index (χ1) is 20.9. The van der Waals surface area contributed by atoms with Crippen molar-refractivity contribution in [3.8, 4) is 22.6 Å². The first-order valence-corrected chi connectivity index (χ1v) is 16.3. The minimum atomic E-state index is 0.0745. The molecule has 5 heteroatoms. The summed E-state index contributed by atoms with van der Waals surface area (Å²) in [6, 6.07) is 20.4. The third-order valence-corrected chi connectivity index (χ3v) is 8.94. The number of Topliss-reactive ketones (excluding diaryl/α,β-unsaturated/α-hetero) is 1. The van der Waals surface area contributed by atoms with Crippen LogP contribution in [0.15, 0.2) is 71.7 Å². The molecule has 1 heterocycles. The molecule has 1 saturated heterocycles. The lowest BCUT2D eigenvalue weighted by atomic mass is 9.84. The van der Waals surface area contributed by atoms with E-state index in [1.54, 1.807) is 25.3 Å². The number of nitrogens with zero attached hydrogens (tertiary/aromatic N) is 2. The predicted octanol–water partition coefficient (Wildman–Crippen LogP) is 9.49. The molecule has 3 aromatic rings. The molecule has 1 N–H and O–H groups in total. The molecule has 0 aromatic heterocycles. The topological polar surface area (TPSA) is 62.1 Å². The van der Waals surface area contributed by atoms with Crippen molar-refractivity contribution in [3.05, 3.63) is 77.9 Å². The van der Waals surface area contributed by atoms with Crippen molar-refractivity contribution in [3.63, 3.8) is 0 Å². The van der Waals surface area contributed by atoms with Crippen molar-refractivity contribution >= 4 is 17.2 Å². The van der Waals surface area contributed by atoms with Gasteiger partial charge in [0.05, 0.1) is 12.8 Å². The van der Waals surface area contributed by atoms with Crippen LogP contribution in [0, 0.1) is 11.8 Å². The Bertz CT molecular complexity index is 1360. The number of hydrogen-bond donors (Lipinski definition) is 1. The van der Waals surface area contributed by atoms with Crippen LogP contribution in [0.1, 0.15) is 94.5 Å². The summed E-state index contributed by atoms with van der Waals surface area (Å²) in [5.74, 6) is 3.09. The molecular formula is C38H50N2O3. The monoisotopic (exact) mass is 582 g/mol. The second kappa shape index (κ2) is 16.4.